The quantitative estimate of drug-likeness (QED) is 0.745. The summed E-state index contributed by atoms with van der Waals surface area (Å²) >= 11 is 0. The molecule has 0 aliphatic carbocycles. The van der Waals surface area contributed by atoms with Gasteiger partial charge in [0.2, 0.25) is 5.82 Å². The molecule has 25 heavy (non-hydrogen) atoms. The monoisotopic (exact) mass is 339 g/mol. The van der Waals surface area contributed by atoms with Crippen LogP contribution in [0.25, 0.3) is 11.4 Å². The molecule has 0 aliphatic rings. The summed E-state index contributed by atoms with van der Waals surface area (Å²) in [5.74, 6) is -0.619. The van der Waals surface area contributed by atoms with E-state index in [2.05, 4.69) is 27.6 Å². The molecule has 0 bridgehead atoms. The number of halogens is 1. The largest absolute Gasteiger partial charge is 0.345 e. The topological polar surface area (TPSA) is 68.0 Å². The van der Waals surface area contributed by atoms with Gasteiger partial charge in [0, 0.05) is 11.6 Å². The van der Waals surface area contributed by atoms with Crippen LogP contribution in [0.3, 0.4) is 0 Å². The van der Waals surface area contributed by atoms with Gasteiger partial charge < -0.3 is 9.84 Å². The van der Waals surface area contributed by atoms with Gasteiger partial charge in [-0.3, -0.25) is 4.79 Å². The average Bonchev–Trinajstić information content (AvgIpc) is 3.12. The van der Waals surface area contributed by atoms with E-state index < -0.39 is 5.91 Å². The first-order chi connectivity index (χ1) is 12.1. The van der Waals surface area contributed by atoms with Crippen molar-refractivity contribution in [1.82, 2.24) is 15.5 Å². The molecule has 3 aromatic rings. The van der Waals surface area contributed by atoms with Gasteiger partial charge in [0.1, 0.15) is 5.82 Å². The highest BCUT2D eigenvalue weighted by atomic mass is 19.1. The van der Waals surface area contributed by atoms with Crippen LogP contribution < -0.4 is 5.32 Å². The van der Waals surface area contributed by atoms with Crippen molar-refractivity contribution in [3.05, 3.63) is 71.9 Å². The van der Waals surface area contributed by atoms with Gasteiger partial charge in [-0.25, -0.2) is 4.39 Å². The van der Waals surface area contributed by atoms with Gasteiger partial charge in [-0.15, -0.1) is 0 Å². The van der Waals surface area contributed by atoms with E-state index in [0.717, 1.165) is 12.8 Å². The summed E-state index contributed by atoms with van der Waals surface area (Å²) < 4.78 is 18.0. The molecule has 1 N–H and O–H groups in total. The molecule has 0 saturated heterocycles. The van der Waals surface area contributed by atoms with Crippen molar-refractivity contribution in [2.45, 2.75) is 25.8 Å². The second-order valence-corrected chi connectivity index (χ2v) is 5.83. The minimum absolute atomic E-state index is 0.0334. The maximum Gasteiger partial charge on any atom is 0.316 e. The van der Waals surface area contributed by atoms with Crippen LogP contribution in [-0.4, -0.2) is 22.1 Å². The number of nitrogens with one attached hydrogen (secondary N) is 1. The van der Waals surface area contributed by atoms with Crippen LogP contribution in [0.4, 0.5) is 4.39 Å². The predicted molar refractivity (Wildman–Crippen MR) is 91.4 cm³/mol. The van der Waals surface area contributed by atoms with Gasteiger partial charge >= 0.3 is 11.8 Å². The normalized spacial score (nSPS) is 11.9. The Morgan fingerprint density at radius 1 is 1.16 bits per heavy atom. The van der Waals surface area contributed by atoms with Gasteiger partial charge in [0.05, 0.1) is 0 Å². The number of carbonyl (C=O) groups is 1. The number of aromatic nitrogens is 2. The molecule has 2 aromatic carbocycles. The highest BCUT2D eigenvalue weighted by Crippen LogP contribution is 2.16. The number of carbonyl (C=O) groups excluding carboxylic acids is 1. The number of hydrogen-bond acceptors (Lipinski definition) is 4. The van der Waals surface area contributed by atoms with E-state index in [0.29, 0.717) is 5.56 Å². The Kier molecular flexibility index (Phi) is 5.18. The van der Waals surface area contributed by atoms with Gasteiger partial charge in [-0.05, 0) is 49.6 Å². The molecule has 1 aromatic heterocycles. The van der Waals surface area contributed by atoms with Crippen LogP contribution in [0.5, 0.6) is 0 Å². The Labute approximate surface area is 144 Å². The van der Waals surface area contributed by atoms with E-state index >= 15 is 0 Å². The third-order valence-corrected chi connectivity index (χ3v) is 3.81. The number of aryl methyl sites for hydroxylation is 1. The van der Waals surface area contributed by atoms with Gasteiger partial charge in [-0.2, -0.15) is 4.98 Å². The second kappa shape index (κ2) is 7.70. The third-order valence-electron chi connectivity index (χ3n) is 3.81. The van der Waals surface area contributed by atoms with E-state index in [1.165, 1.54) is 29.8 Å². The Morgan fingerprint density at radius 3 is 2.60 bits per heavy atom. The first-order valence-electron chi connectivity index (χ1n) is 8.06. The summed E-state index contributed by atoms with van der Waals surface area (Å²) in [6, 6.07) is 15.7. The summed E-state index contributed by atoms with van der Waals surface area (Å²) in [6.45, 7) is 1.93. The lowest BCUT2D eigenvalue weighted by Crippen LogP contribution is -2.33. The molecule has 0 spiro atoms. The van der Waals surface area contributed by atoms with Crippen molar-refractivity contribution in [3.63, 3.8) is 0 Å². The number of benzene rings is 2. The fourth-order valence-electron chi connectivity index (χ4n) is 2.42. The minimum atomic E-state index is -0.415. The third kappa shape index (κ3) is 4.50. The second-order valence-electron chi connectivity index (χ2n) is 5.83. The van der Waals surface area contributed by atoms with Gasteiger partial charge in [0.15, 0.2) is 0 Å². The van der Waals surface area contributed by atoms with E-state index in [1.54, 1.807) is 0 Å². The zero-order chi connectivity index (χ0) is 17.6. The van der Waals surface area contributed by atoms with Crippen molar-refractivity contribution in [3.8, 4) is 11.4 Å². The average molecular weight is 339 g/mol. The summed E-state index contributed by atoms with van der Waals surface area (Å²) in [6.07, 6.45) is 1.67. The molecule has 0 unspecified atom stereocenters. The van der Waals surface area contributed by atoms with Crippen molar-refractivity contribution in [2.75, 3.05) is 0 Å². The van der Waals surface area contributed by atoms with Crippen molar-refractivity contribution < 1.29 is 13.7 Å². The first-order valence-corrected chi connectivity index (χ1v) is 8.06. The van der Waals surface area contributed by atoms with Crippen LogP contribution in [0.15, 0.2) is 59.1 Å². The Morgan fingerprint density at radius 2 is 1.88 bits per heavy atom. The lowest BCUT2D eigenvalue weighted by molar-refractivity contribution is 0.0894. The fraction of sp³-hybridized carbons (Fsp3) is 0.211. The van der Waals surface area contributed by atoms with Crippen molar-refractivity contribution >= 4 is 5.91 Å². The first kappa shape index (κ1) is 16.8. The molecular formula is C19H18FN3O2. The summed E-state index contributed by atoms with van der Waals surface area (Å²) in [5.41, 5.74) is 1.81. The van der Waals surface area contributed by atoms with E-state index in [1.807, 2.05) is 25.1 Å². The van der Waals surface area contributed by atoms with Crippen LogP contribution in [-0.2, 0) is 6.42 Å². The summed E-state index contributed by atoms with van der Waals surface area (Å²) in [4.78, 5) is 16.3. The molecule has 5 nitrogen and oxygen atoms in total. The number of rotatable bonds is 6. The highest BCUT2D eigenvalue weighted by molar-refractivity contribution is 5.90. The standard InChI is InChI=1S/C19H18FN3O2/c1-13(7-8-14-5-3-2-4-6-14)21-18(24)19-22-17(23-25-19)15-9-11-16(20)12-10-15/h2-6,9-13H,7-8H2,1H3,(H,21,24)/t13-/m1/s1. The highest BCUT2D eigenvalue weighted by Gasteiger charge is 2.18. The van der Waals surface area contributed by atoms with E-state index in [-0.39, 0.29) is 23.6 Å². The van der Waals surface area contributed by atoms with Gasteiger partial charge in [-0.1, -0.05) is 35.5 Å². The molecule has 0 radical (unpaired) electrons. The molecule has 0 saturated carbocycles. The number of nitrogens with zero attached hydrogens (tertiary/aromatic N) is 2. The minimum Gasteiger partial charge on any atom is -0.345 e. The van der Waals surface area contributed by atoms with Crippen LogP contribution in [0, 0.1) is 5.82 Å². The van der Waals surface area contributed by atoms with Crippen LogP contribution in [0.1, 0.15) is 29.6 Å². The number of hydrogen-bond donors (Lipinski definition) is 1. The maximum absolute atomic E-state index is 12.9. The Bertz CT molecular complexity index is 831. The molecule has 6 heteroatoms. The summed E-state index contributed by atoms with van der Waals surface area (Å²) in [7, 11) is 0. The van der Waals surface area contributed by atoms with Gasteiger partial charge in [0.25, 0.3) is 0 Å². The molecule has 1 heterocycles. The fourth-order valence-corrected chi connectivity index (χ4v) is 2.42. The van der Waals surface area contributed by atoms with Crippen LogP contribution in [0.2, 0.25) is 0 Å². The zero-order valence-corrected chi connectivity index (χ0v) is 13.8. The van der Waals surface area contributed by atoms with Crippen molar-refractivity contribution in [1.29, 1.82) is 0 Å². The molecule has 0 aliphatic heterocycles. The lowest BCUT2D eigenvalue weighted by Gasteiger charge is -2.12. The maximum atomic E-state index is 12.9. The molecular weight excluding hydrogens is 321 g/mol. The lowest BCUT2D eigenvalue weighted by atomic mass is 10.1. The van der Waals surface area contributed by atoms with Crippen molar-refractivity contribution in [2.24, 2.45) is 0 Å². The van der Waals surface area contributed by atoms with E-state index in [9.17, 15) is 9.18 Å². The zero-order valence-electron chi connectivity index (χ0n) is 13.8. The van der Waals surface area contributed by atoms with E-state index in [4.69, 9.17) is 4.52 Å². The predicted octanol–water partition coefficient (Wildman–Crippen LogP) is 3.63. The molecule has 128 valence electrons. The van der Waals surface area contributed by atoms with Crippen LogP contribution >= 0.6 is 0 Å². The molecule has 0 fully saturated rings. The SMILES string of the molecule is C[C@H](CCc1ccccc1)NC(=O)c1nc(-c2ccc(F)cc2)no1. The molecule has 1 atom stereocenters. The number of amides is 1. The molecule has 3 rings (SSSR count). The Hall–Kier alpha value is -3.02. The Balaban J connectivity index is 1.57. The molecule has 1 amide bonds. The smallest absolute Gasteiger partial charge is 0.316 e. The summed E-state index contributed by atoms with van der Waals surface area (Å²) in [5, 5.41) is 6.61.